The van der Waals surface area contributed by atoms with Crippen LogP contribution in [-0.4, -0.2) is 39.5 Å². The topological polar surface area (TPSA) is 59.3 Å². The molecular weight excluding hydrogens is 371 g/mol. The maximum Gasteiger partial charge on any atom is 0.435 e. The van der Waals surface area contributed by atoms with Gasteiger partial charge in [-0.15, -0.1) is 0 Å². The van der Waals surface area contributed by atoms with Crippen molar-refractivity contribution < 1.29 is 23.0 Å². The first-order chi connectivity index (χ1) is 13.2. The van der Waals surface area contributed by atoms with Crippen molar-refractivity contribution >= 4 is 21.8 Å². The van der Waals surface area contributed by atoms with Gasteiger partial charge in [-0.3, -0.25) is 0 Å². The fourth-order valence-electron chi connectivity index (χ4n) is 4.06. The van der Waals surface area contributed by atoms with Gasteiger partial charge in [-0.25, -0.2) is 4.98 Å². The van der Waals surface area contributed by atoms with E-state index in [2.05, 4.69) is 10.3 Å². The smallest absolute Gasteiger partial charge is 0.435 e. The fraction of sp³-hybridized carbons (Fsp3) is 0.450. The van der Waals surface area contributed by atoms with Gasteiger partial charge in [0, 0.05) is 41.7 Å². The number of morpholine rings is 1. The predicted octanol–water partition coefficient (Wildman–Crippen LogP) is 4.07. The Bertz CT molecular complexity index is 1030. The molecule has 1 aromatic carbocycles. The average molecular weight is 393 g/mol. The molecule has 1 aliphatic heterocycles. The minimum atomic E-state index is -4.57. The molecule has 1 aliphatic rings. The number of halogens is 3. The third-order valence-electron chi connectivity index (χ3n) is 5.45. The molecule has 2 N–H and O–H groups in total. The molecule has 1 atom stereocenters. The zero-order valence-corrected chi connectivity index (χ0v) is 15.7. The van der Waals surface area contributed by atoms with Crippen LogP contribution in [-0.2, 0) is 17.5 Å². The summed E-state index contributed by atoms with van der Waals surface area (Å²) in [7, 11) is 0. The van der Waals surface area contributed by atoms with Crippen molar-refractivity contribution in [1.29, 1.82) is 0 Å². The molecule has 0 bridgehead atoms. The van der Waals surface area contributed by atoms with Gasteiger partial charge in [-0.2, -0.15) is 13.2 Å². The molecule has 8 heteroatoms. The van der Waals surface area contributed by atoms with E-state index in [9.17, 15) is 18.3 Å². The Kier molecular flexibility index (Phi) is 4.50. The van der Waals surface area contributed by atoms with Gasteiger partial charge in [0.25, 0.3) is 0 Å². The summed E-state index contributed by atoms with van der Waals surface area (Å²) in [6, 6.07) is 6.22. The van der Waals surface area contributed by atoms with Crippen molar-refractivity contribution in [1.82, 2.24) is 14.9 Å². The van der Waals surface area contributed by atoms with Crippen LogP contribution in [0.2, 0.25) is 0 Å². The number of benzene rings is 1. The Balaban J connectivity index is 1.86. The zero-order chi connectivity index (χ0) is 20.1. The lowest BCUT2D eigenvalue weighted by atomic mass is 9.93. The highest BCUT2D eigenvalue weighted by Crippen LogP contribution is 2.39. The normalized spacial score (nSPS) is 20.1. The number of phenolic OH excluding ortho intramolecular Hbond substituents is 1. The molecule has 3 heterocycles. The third kappa shape index (κ3) is 3.20. The number of fused-ring (bicyclic) bond motifs is 3. The summed E-state index contributed by atoms with van der Waals surface area (Å²) in [5.41, 5.74) is -0.598. The van der Waals surface area contributed by atoms with E-state index in [0.717, 1.165) is 6.54 Å². The van der Waals surface area contributed by atoms with Crippen LogP contribution in [0.15, 0.2) is 30.5 Å². The standard InChI is InChI=1S/C20H22F3N3O2/c1-19(2)16(28-10-8-25-19)6-9-26-15-11-12(27)3-4-13(15)14-5-7-24-18(17(14)26)20(21,22)23/h3-5,7,11,16,25,27H,6,8-10H2,1-2H3. The van der Waals surface area contributed by atoms with E-state index in [1.165, 1.54) is 18.3 Å². The molecule has 5 nitrogen and oxygen atoms in total. The third-order valence-corrected chi connectivity index (χ3v) is 5.45. The van der Waals surface area contributed by atoms with Crippen LogP contribution in [0.5, 0.6) is 5.75 Å². The van der Waals surface area contributed by atoms with Crippen molar-refractivity contribution in [2.24, 2.45) is 0 Å². The summed E-state index contributed by atoms with van der Waals surface area (Å²) < 4.78 is 48.5. The summed E-state index contributed by atoms with van der Waals surface area (Å²) in [4.78, 5) is 3.63. The first kappa shape index (κ1) is 19.0. The molecular formula is C20H22F3N3O2. The lowest BCUT2D eigenvalue weighted by Gasteiger charge is -2.39. The monoisotopic (exact) mass is 393 g/mol. The molecule has 0 saturated carbocycles. The van der Waals surface area contributed by atoms with Gasteiger partial charge >= 0.3 is 6.18 Å². The Morgan fingerprint density at radius 1 is 1.29 bits per heavy atom. The Morgan fingerprint density at radius 3 is 2.79 bits per heavy atom. The number of ether oxygens (including phenoxy) is 1. The van der Waals surface area contributed by atoms with Gasteiger partial charge in [0.15, 0.2) is 5.69 Å². The van der Waals surface area contributed by atoms with Crippen molar-refractivity contribution in [2.45, 2.75) is 44.6 Å². The highest BCUT2D eigenvalue weighted by molar-refractivity contribution is 6.09. The summed E-state index contributed by atoms with van der Waals surface area (Å²) in [6.45, 7) is 5.68. The van der Waals surface area contributed by atoms with Crippen LogP contribution >= 0.6 is 0 Å². The van der Waals surface area contributed by atoms with Crippen molar-refractivity contribution in [3.8, 4) is 5.75 Å². The first-order valence-corrected chi connectivity index (χ1v) is 9.22. The minimum Gasteiger partial charge on any atom is -0.508 e. The highest BCUT2D eigenvalue weighted by Gasteiger charge is 2.37. The Hall–Kier alpha value is -2.32. The number of rotatable bonds is 3. The number of hydrogen-bond donors (Lipinski definition) is 2. The van der Waals surface area contributed by atoms with E-state index in [4.69, 9.17) is 4.74 Å². The van der Waals surface area contributed by atoms with Crippen LogP contribution in [0.3, 0.4) is 0 Å². The SMILES string of the molecule is CC1(C)NCCOC1CCn1c2cc(O)ccc2c2ccnc(C(F)(F)F)c21. The maximum atomic E-state index is 13.7. The molecule has 3 aromatic rings. The highest BCUT2D eigenvalue weighted by atomic mass is 19.4. The van der Waals surface area contributed by atoms with E-state index < -0.39 is 11.9 Å². The second-order valence-corrected chi connectivity index (χ2v) is 7.70. The number of aryl methyl sites for hydroxylation is 1. The molecule has 0 spiro atoms. The molecule has 150 valence electrons. The Labute approximate surface area is 160 Å². The lowest BCUT2D eigenvalue weighted by molar-refractivity contribution is -0.140. The summed E-state index contributed by atoms with van der Waals surface area (Å²) >= 11 is 0. The van der Waals surface area contributed by atoms with Gasteiger partial charge < -0.3 is 19.7 Å². The number of hydrogen-bond acceptors (Lipinski definition) is 4. The number of aromatic hydroxyl groups is 1. The molecule has 0 amide bonds. The van der Waals surface area contributed by atoms with Crippen LogP contribution in [0.25, 0.3) is 21.8 Å². The van der Waals surface area contributed by atoms with E-state index in [1.807, 2.05) is 13.8 Å². The van der Waals surface area contributed by atoms with E-state index in [-0.39, 0.29) is 22.9 Å². The van der Waals surface area contributed by atoms with Crippen LogP contribution in [0.1, 0.15) is 26.0 Å². The van der Waals surface area contributed by atoms with Crippen LogP contribution in [0.4, 0.5) is 13.2 Å². The Morgan fingerprint density at radius 2 is 2.07 bits per heavy atom. The molecule has 4 rings (SSSR count). The number of alkyl halides is 3. The van der Waals surface area contributed by atoms with E-state index >= 15 is 0 Å². The maximum absolute atomic E-state index is 13.7. The fourth-order valence-corrected chi connectivity index (χ4v) is 4.06. The number of phenols is 1. The predicted molar refractivity (Wildman–Crippen MR) is 100 cm³/mol. The van der Waals surface area contributed by atoms with E-state index in [1.54, 1.807) is 16.7 Å². The summed E-state index contributed by atoms with van der Waals surface area (Å²) in [5, 5.41) is 14.4. The van der Waals surface area contributed by atoms with Crippen molar-refractivity contribution in [3.63, 3.8) is 0 Å². The number of nitrogens with one attached hydrogen (secondary N) is 1. The first-order valence-electron chi connectivity index (χ1n) is 9.22. The molecule has 0 radical (unpaired) electrons. The molecule has 1 unspecified atom stereocenters. The molecule has 28 heavy (non-hydrogen) atoms. The molecule has 0 aliphatic carbocycles. The zero-order valence-electron chi connectivity index (χ0n) is 15.7. The van der Waals surface area contributed by atoms with Gasteiger partial charge in [-0.1, -0.05) is 0 Å². The van der Waals surface area contributed by atoms with Crippen molar-refractivity contribution in [3.05, 3.63) is 36.2 Å². The van der Waals surface area contributed by atoms with Crippen LogP contribution in [0, 0.1) is 0 Å². The largest absolute Gasteiger partial charge is 0.508 e. The number of pyridine rings is 1. The number of aromatic nitrogens is 2. The van der Waals surface area contributed by atoms with Crippen molar-refractivity contribution in [2.75, 3.05) is 13.2 Å². The molecule has 1 fully saturated rings. The van der Waals surface area contributed by atoms with Gasteiger partial charge in [0.05, 0.1) is 23.7 Å². The summed E-state index contributed by atoms with van der Waals surface area (Å²) in [5.74, 6) is 0.00832. The minimum absolute atomic E-state index is 0.00832. The quantitative estimate of drug-likeness (QED) is 0.704. The van der Waals surface area contributed by atoms with Gasteiger partial charge in [-0.05, 0) is 38.5 Å². The van der Waals surface area contributed by atoms with Gasteiger partial charge in [0.1, 0.15) is 5.75 Å². The molecule has 1 saturated heterocycles. The summed E-state index contributed by atoms with van der Waals surface area (Å²) in [6.07, 6.45) is -3.01. The van der Waals surface area contributed by atoms with Gasteiger partial charge in [0.2, 0.25) is 0 Å². The second kappa shape index (κ2) is 6.63. The average Bonchev–Trinajstić information content (AvgIpc) is 2.92. The van der Waals surface area contributed by atoms with E-state index in [0.29, 0.717) is 35.9 Å². The lowest BCUT2D eigenvalue weighted by Crippen LogP contribution is -2.56. The molecule has 2 aromatic heterocycles. The van der Waals surface area contributed by atoms with Crippen LogP contribution < -0.4 is 5.32 Å². The second-order valence-electron chi connectivity index (χ2n) is 7.70. The number of nitrogens with zero attached hydrogens (tertiary/aromatic N) is 2.